The topological polar surface area (TPSA) is 76.4 Å². The Balaban J connectivity index is 1.49. The van der Waals surface area contributed by atoms with Crippen molar-refractivity contribution in [2.45, 2.75) is 44.6 Å². The Bertz CT molecular complexity index is 775. The van der Waals surface area contributed by atoms with Gasteiger partial charge in [-0.15, -0.1) is 0 Å². The summed E-state index contributed by atoms with van der Waals surface area (Å²) in [7, 11) is 0. The minimum absolute atomic E-state index is 0.135. The Kier molecular flexibility index (Phi) is 6.30. The highest BCUT2D eigenvalue weighted by Crippen LogP contribution is 2.27. The molecule has 0 unspecified atom stereocenters. The van der Waals surface area contributed by atoms with Crippen LogP contribution in [0.4, 0.5) is 4.39 Å². The molecule has 1 aliphatic heterocycles. The molecule has 1 saturated heterocycles. The maximum absolute atomic E-state index is 13.7. The molecular formula is C21H27FN4O2. The van der Waals surface area contributed by atoms with E-state index in [9.17, 15) is 19.2 Å². The average molecular weight is 386 g/mol. The average Bonchev–Trinajstić information content (AvgIpc) is 2.70. The quantitative estimate of drug-likeness (QED) is 0.861. The van der Waals surface area contributed by atoms with Crippen molar-refractivity contribution in [3.63, 3.8) is 0 Å². The largest absolute Gasteiger partial charge is 0.337 e. The van der Waals surface area contributed by atoms with E-state index in [0.717, 1.165) is 19.3 Å². The Labute approximate surface area is 165 Å². The van der Waals surface area contributed by atoms with Gasteiger partial charge >= 0.3 is 0 Å². The van der Waals surface area contributed by atoms with Crippen LogP contribution in [0.3, 0.4) is 0 Å². The number of hydrogen-bond donors (Lipinski definition) is 1. The molecule has 0 radical (unpaired) electrons. The van der Waals surface area contributed by atoms with Crippen LogP contribution in [0.5, 0.6) is 0 Å². The maximum atomic E-state index is 13.7. The maximum Gasteiger partial charge on any atom is 0.254 e. The van der Waals surface area contributed by atoms with Gasteiger partial charge in [0.2, 0.25) is 5.91 Å². The van der Waals surface area contributed by atoms with Crippen LogP contribution in [0.25, 0.3) is 0 Å². The van der Waals surface area contributed by atoms with Gasteiger partial charge in [-0.2, -0.15) is 5.26 Å². The van der Waals surface area contributed by atoms with E-state index in [1.165, 1.54) is 6.07 Å². The van der Waals surface area contributed by atoms with Crippen LogP contribution >= 0.6 is 0 Å². The Hall–Kier alpha value is -2.46. The molecule has 0 spiro atoms. The highest BCUT2D eigenvalue weighted by molar-refractivity contribution is 5.94. The van der Waals surface area contributed by atoms with Gasteiger partial charge in [0.15, 0.2) is 0 Å². The van der Waals surface area contributed by atoms with Gasteiger partial charge in [-0.1, -0.05) is 25.3 Å². The number of carbonyl (C=O) groups excluding carboxylic acids is 2. The summed E-state index contributed by atoms with van der Waals surface area (Å²) in [6, 6.07) is 6.84. The van der Waals surface area contributed by atoms with Gasteiger partial charge in [0.05, 0.1) is 12.6 Å². The summed E-state index contributed by atoms with van der Waals surface area (Å²) in [6.07, 6.45) is 4.47. The fraction of sp³-hybridized carbons (Fsp3) is 0.571. The number of halogens is 1. The zero-order chi connectivity index (χ0) is 20.1. The SMILES string of the molecule is Cc1ccc(C(=O)N2CCN(CC(=O)NC3(C#N)CCCCC3)CC2)cc1F. The van der Waals surface area contributed by atoms with Crippen molar-refractivity contribution in [1.82, 2.24) is 15.1 Å². The predicted molar refractivity (Wildman–Crippen MR) is 103 cm³/mol. The molecule has 1 aromatic rings. The number of nitrogens with one attached hydrogen (secondary N) is 1. The summed E-state index contributed by atoms with van der Waals surface area (Å²) < 4.78 is 13.7. The van der Waals surface area contributed by atoms with E-state index in [-0.39, 0.29) is 24.2 Å². The van der Waals surface area contributed by atoms with Crippen LogP contribution in [0.1, 0.15) is 48.0 Å². The molecule has 0 aromatic heterocycles. The van der Waals surface area contributed by atoms with E-state index in [2.05, 4.69) is 11.4 Å². The summed E-state index contributed by atoms with van der Waals surface area (Å²) in [6.45, 7) is 4.03. The van der Waals surface area contributed by atoms with E-state index in [1.54, 1.807) is 24.0 Å². The van der Waals surface area contributed by atoms with Gasteiger partial charge in [0.25, 0.3) is 5.91 Å². The molecule has 7 heteroatoms. The van der Waals surface area contributed by atoms with E-state index >= 15 is 0 Å². The first-order valence-corrected chi connectivity index (χ1v) is 9.92. The van der Waals surface area contributed by atoms with E-state index in [4.69, 9.17) is 0 Å². The fourth-order valence-electron chi connectivity index (χ4n) is 3.95. The molecular weight excluding hydrogens is 359 g/mol. The summed E-state index contributed by atoms with van der Waals surface area (Å²) in [4.78, 5) is 28.7. The number of amides is 2. The molecule has 2 aliphatic rings. The molecule has 150 valence electrons. The van der Waals surface area contributed by atoms with Gasteiger partial charge in [0.1, 0.15) is 11.4 Å². The first-order chi connectivity index (χ1) is 13.4. The molecule has 1 aliphatic carbocycles. The number of aryl methyl sites for hydroxylation is 1. The highest BCUT2D eigenvalue weighted by Gasteiger charge is 2.34. The molecule has 3 rings (SSSR count). The second kappa shape index (κ2) is 8.70. The van der Waals surface area contributed by atoms with Crippen molar-refractivity contribution in [3.05, 3.63) is 35.1 Å². The lowest BCUT2D eigenvalue weighted by Crippen LogP contribution is -2.55. The van der Waals surface area contributed by atoms with Crippen LogP contribution in [0.15, 0.2) is 18.2 Å². The normalized spacial score (nSPS) is 19.7. The Morgan fingerprint density at radius 3 is 2.46 bits per heavy atom. The van der Waals surface area contributed by atoms with Crippen LogP contribution in [0.2, 0.25) is 0 Å². The number of piperazine rings is 1. The fourth-order valence-corrected chi connectivity index (χ4v) is 3.95. The Morgan fingerprint density at radius 1 is 1.18 bits per heavy atom. The van der Waals surface area contributed by atoms with Crippen LogP contribution in [0, 0.1) is 24.1 Å². The van der Waals surface area contributed by atoms with Crippen LogP contribution < -0.4 is 5.32 Å². The molecule has 0 bridgehead atoms. The monoisotopic (exact) mass is 386 g/mol. The Morgan fingerprint density at radius 2 is 1.86 bits per heavy atom. The number of rotatable bonds is 4. The van der Waals surface area contributed by atoms with Gasteiger partial charge in [-0.25, -0.2) is 4.39 Å². The zero-order valence-electron chi connectivity index (χ0n) is 16.3. The van der Waals surface area contributed by atoms with Crippen molar-refractivity contribution in [2.24, 2.45) is 0 Å². The molecule has 2 amide bonds. The third-order valence-electron chi connectivity index (χ3n) is 5.75. The van der Waals surface area contributed by atoms with E-state index < -0.39 is 5.54 Å². The second-order valence-electron chi connectivity index (χ2n) is 7.84. The zero-order valence-corrected chi connectivity index (χ0v) is 16.3. The van der Waals surface area contributed by atoms with Crippen molar-refractivity contribution < 1.29 is 14.0 Å². The molecule has 1 heterocycles. The molecule has 1 aromatic carbocycles. The third-order valence-corrected chi connectivity index (χ3v) is 5.75. The molecule has 28 heavy (non-hydrogen) atoms. The lowest BCUT2D eigenvalue weighted by molar-refractivity contribution is -0.124. The molecule has 6 nitrogen and oxygen atoms in total. The number of hydrogen-bond acceptors (Lipinski definition) is 4. The van der Waals surface area contributed by atoms with Crippen molar-refractivity contribution in [1.29, 1.82) is 5.26 Å². The number of benzene rings is 1. The minimum atomic E-state index is -0.720. The van der Waals surface area contributed by atoms with Gasteiger partial charge < -0.3 is 10.2 Å². The predicted octanol–water partition coefficient (Wildman–Crippen LogP) is 2.23. The van der Waals surface area contributed by atoms with Crippen molar-refractivity contribution in [3.8, 4) is 6.07 Å². The minimum Gasteiger partial charge on any atom is -0.337 e. The summed E-state index contributed by atoms with van der Waals surface area (Å²) >= 11 is 0. The first-order valence-electron chi connectivity index (χ1n) is 9.92. The number of nitrogens with zero attached hydrogens (tertiary/aromatic N) is 3. The third kappa shape index (κ3) is 4.68. The number of carbonyl (C=O) groups is 2. The van der Waals surface area contributed by atoms with Gasteiger partial charge in [0, 0.05) is 31.7 Å². The van der Waals surface area contributed by atoms with Gasteiger partial charge in [-0.3, -0.25) is 14.5 Å². The van der Waals surface area contributed by atoms with Crippen LogP contribution in [-0.4, -0.2) is 59.9 Å². The smallest absolute Gasteiger partial charge is 0.254 e. The van der Waals surface area contributed by atoms with Crippen LogP contribution in [-0.2, 0) is 4.79 Å². The molecule has 0 atom stereocenters. The summed E-state index contributed by atoms with van der Waals surface area (Å²) in [5, 5.41) is 12.4. The lowest BCUT2D eigenvalue weighted by Gasteiger charge is -2.36. The standard InChI is InChI=1S/C21H27FN4O2/c1-16-5-6-17(13-18(16)22)20(28)26-11-9-25(10-12-26)14-19(27)24-21(15-23)7-3-2-4-8-21/h5-6,13H,2-4,7-12,14H2,1H3,(H,24,27). The number of nitriles is 1. The molecule has 1 N–H and O–H groups in total. The first kappa shape index (κ1) is 20.3. The second-order valence-corrected chi connectivity index (χ2v) is 7.84. The molecule has 1 saturated carbocycles. The summed E-state index contributed by atoms with van der Waals surface area (Å²) in [5.41, 5.74) is 0.144. The van der Waals surface area contributed by atoms with Crippen molar-refractivity contribution >= 4 is 11.8 Å². The lowest BCUT2D eigenvalue weighted by atomic mass is 9.83. The van der Waals surface area contributed by atoms with E-state index in [0.29, 0.717) is 50.1 Å². The summed E-state index contributed by atoms with van der Waals surface area (Å²) in [5.74, 6) is -0.701. The van der Waals surface area contributed by atoms with Crippen molar-refractivity contribution in [2.75, 3.05) is 32.7 Å². The highest BCUT2D eigenvalue weighted by atomic mass is 19.1. The van der Waals surface area contributed by atoms with E-state index in [1.807, 2.05) is 4.90 Å². The van der Waals surface area contributed by atoms with Gasteiger partial charge in [-0.05, 0) is 37.5 Å². The molecule has 2 fully saturated rings.